The van der Waals surface area contributed by atoms with Crippen LogP contribution in [-0.2, 0) is 6.54 Å². The maximum Gasteiger partial charge on any atom is 0.255 e. The van der Waals surface area contributed by atoms with E-state index < -0.39 is 0 Å². The Morgan fingerprint density at radius 3 is 2.90 bits per heavy atom. The molecule has 0 saturated heterocycles. The molecule has 108 valence electrons. The third-order valence-corrected chi connectivity index (χ3v) is 2.87. The van der Waals surface area contributed by atoms with Crippen LogP contribution in [0, 0.1) is 18.8 Å². The second-order valence-electron chi connectivity index (χ2n) is 4.59. The number of aliphatic hydroxyl groups is 1. The average molecular weight is 283 g/mol. The van der Waals surface area contributed by atoms with Crippen LogP contribution in [0.3, 0.4) is 0 Å². The highest BCUT2D eigenvalue weighted by molar-refractivity contribution is 6.04. The standard InChI is InChI=1S/C16H17N3O2/c1-3-19-11-15(10-17-19)18-16(21)14-8-12(2)7-13(9-14)5-4-6-20/h7-11,20H,3,6H2,1-2H3,(H,18,21). The summed E-state index contributed by atoms with van der Waals surface area (Å²) in [4.78, 5) is 12.2. The zero-order valence-corrected chi connectivity index (χ0v) is 12.1. The van der Waals surface area contributed by atoms with Crippen molar-refractivity contribution in [2.75, 3.05) is 11.9 Å². The Hall–Kier alpha value is -2.58. The highest BCUT2D eigenvalue weighted by atomic mass is 16.2. The molecule has 0 radical (unpaired) electrons. The number of carbonyl (C=O) groups excluding carboxylic acids is 1. The number of aromatic nitrogens is 2. The number of hydrogen-bond acceptors (Lipinski definition) is 3. The fourth-order valence-corrected chi connectivity index (χ4v) is 1.93. The first kappa shape index (κ1) is 14.8. The van der Waals surface area contributed by atoms with E-state index in [2.05, 4.69) is 22.3 Å². The minimum absolute atomic E-state index is 0.203. The predicted molar refractivity (Wildman–Crippen MR) is 81.0 cm³/mol. The van der Waals surface area contributed by atoms with Crippen LogP contribution in [0.4, 0.5) is 5.69 Å². The Morgan fingerprint density at radius 2 is 2.24 bits per heavy atom. The molecule has 5 heteroatoms. The summed E-state index contributed by atoms with van der Waals surface area (Å²) in [6, 6.07) is 5.37. The minimum Gasteiger partial charge on any atom is -0.384 e. The van der Waals surface area contributed by atoms with Gasteiger partial charge in [-0.15, -0.1) is 0 Å². The van der Waals surface area contributed by atoms with Crippen molar-refractivity contribution in [2.24, 2.45) is 0 Å². The van der Waals surface area contributed by atoms with E-state index >= 15 is 0 Å². The van der Waals surface area contributed by atoms with Gasteiger partial charge in [0.05, 0.1) is 11.9 Å². The fourth-order valence-electron chi connectivity index (χ4n) is 1.93. The van der Waals surface area contributed by atoms with E-state index in [9.17, 15) is 4.79 Å². The van der Waals surface area contributed by atoms with Gasteiger partial charge in [-0.05, 0) is 37.6 Å². The number of hydrogen-bond donors (Lipinski definition) is 2. The molecule has 1 aromatic carbocycles. The Labute approximate surface area is 123 Å². The first-order valence-corrected chi connectivity index (χ1v) is 6.67. The Bertz CT molecular complexity index is 708. The predicted octanol–water partition coefficient (Wildman–Crippen LogP) is 1.81. The van der Waals surface area contributed by atoms with Crippen LogP contribution in [0.5, 0.6) is 0 Å². The molecule has 0 fully saturated rings. The summed E-state index contributed by atoms with van der Waals surface area (Å²) in [6.07, 6.45) is 3.39. The van der Waals surface area contributed by atoms with Crippen molar-refractivity contribution in [1.82, 2.24) is 9.78 Å². The molecule has 0 spiro atoms. The maximum atomic E-state index is 12.2. The molecule has 0 bridgehead atoms. The fraction of sp³-hybridized carbons (Fsp3) is 0.250. The maximum absolute atomic E-state index is 12.2. The van der Waals surface area contributed by atoms with Gasteiger partial charge in [0, 0.05) is 23.9 Å². The molecular formula is C16H17N3O2. The van der Waals surface area contributed by atoms with Crippen molar-refractivity contribution in [2.45, 2.75) is 20.4 Å². The van der Waals surface area contributed by atoms with E-state index in [-0.39, 0.29) is 12.5 Å². The smallest absolute Gasteiger partial charge is 0.255 e. The zero-order valence-electron chi connectivity index (χ0n) is 12.1. The number of carbonyl (C=O) groups is 1. The van der Waals surface area contributed by atoms with E-state index in [1.54, 1.807) is 29.2 Å². The van der Waals surface area contributed by atoms with Crippen LogP contribution >= 0.6 is 0 Å². The number of amides is 1. The summed E-state index contributed by atoms with van der Waals surface area (Å²) in [5.41, 5.74) is 2.83. The molecule has 0 aliphatic carbocycles. The second kappa shape index (κ2) is 6.73. The molecule has 2 aromatic rings. The summed E-state index contributed by atoms with van der Waals surface area (Å²) in [7, 11) is 0. The molecule has 1 aromatic heterocycles. The number of aliphatic hydroxyl groups excluding tert-OH is 1. The van der Waals surface area contributed by atoms with Crippen LogP contribution in [0.1, 0.15) is 28.4 Å². The highest BCUT2D eigenvalue weighted by Gasteiger charge is 2.09. The second-order valence-corrected chi connectivity index (χ2v) is 4.59. The van der Waals surface area contributed by atoms with Gasteiger partial charge in [0.1, 0.15) is 6.61 Å². The van der Waals surface area contributed by atoms with Crippen LogP contribution in [0.15, 0.2) is 30.6 Å². The molecular weight excluding hydrogens is 266 g/mol. The lowest BCUT2D eigenvalue weighted by atomic mass is 10.1. The summed E-state index contributed by atoms with van der Waals surface area (Å²) in [6.45, 7) is 4.42. The lowest BCUT2D eigenvalue weighted by Crippen LogP contribution is -2.12. The first-order chi connectivity index (χ1) is 10.1. The van der Waals surface area contributed by atoms with Gasteiger partial charge in [-0.3, -0.25) is 9.48 Å². The number of nitrogens with one attached hydrogen (secondary N) is 1. The molecule has 0 aliphatic rings. The largest absolute Gasteiger partial charge is 0.384 e. The SMILES string of the molecule is CCn1cc(NC(=O)c2cc(C)cc(C#CCO)c2)cn1. The van der Waals surface area contributed by atoms with Crippen LogP contribution in [0.2, 0.25) is 0 Å². The Balaban J connectivity index is 2.20. The highest BCUT2D eigenvalue weighted by Crippen LogP contribution is 2.12. The first-order valence-electron chi connectivity index (χ1n) is 6.67. The molecule has 1 amide bonds. The normalized spacial score (nSPS) is 9.86. The number of rotatable bonds is 3. The van der Waals surface area contributed by atoms with Crippen molar-refractivity contribution >= 4 is 11.6 Å². The summed E-state index contributed by atoms with van der Waals surface area (Å²) >= 11 is 0. The van der Waals surface area contributed by atoms with Gasteiger partial charge in [-0.2, -0.15) is 5.10 Å². The molecule has 1 heterocycles. The van der Waals surface area contributed by atoms with Crippen molar-refractivity contribution in [3.8, 4) is 11.8 Å². The third-order valence-electron chi connectivity index (χ3n) is 2.87. The van der Waals surface area contributed by atoms with Gasteiger partial charge >= 0.3 is 0 Å². The van der Waals surface area contributed by atoms with E-state index in [1.165, 1.54) is 0 Å². The number of anilines is 1. The topological polar surface area (TPSA) is 67.2 Å². The van der Waals surface area contributed by atoms with Gasteiger partial charge in [0.15, 0.2) is 0 Å². The van der Waals surface area contributed by atoms with E-state index in [4.69, 9.17) is 5.11 Å². The average Bonchev–Trinajstić information content (AvgIpc) is 2.92. The Kier molecular flexibility index (Phi) is 4.75. The lowest BCUT2D eigenvalue weighted by Gasteiger charge is -2.05. The van der Waals surface area contributed by atoms with E-state index in [0.717, 1.165) is 12.1 Å². The van der Waals surface area contributed by atoms with Gasteiger partial charge < -0.3 is 10.4 Å². The van der Waals surface area contributed by atoms with Crippen LogP contribution in [0.25, 0.3) is 0 Å². The molecule has 5 nitrogen and oxygen atoms in total. The molecule has 2 N–H and O–H groups in total. The zero-order chi connectivity index (χ0) is 15.2. The van der Waals surface area contributed by atoms with Gasteiger partial charge in [0.2, 0.25) is 0 Å². The number of aryl methyl sites for hydroxylation is 2. The molecule has 0 saturated carbocycles. The third kappa shape index (κ3) is 3.94. The molecule has 0 aliphatic heterocycles. The molecule has 0 atom stereocenters. The monoisotopic (exact) mass is 283 g/mol. The van der Waals surface area contributed by atoms with Crippen molar-refractivity contribution in [3.63, 3.8) is 0 Å². The summed E-state index contributed by atoms with van der Waals surface area (Å²) in [5, 5.41) is 15.6. The minimum atomic E-state index is -0.207. The molecule has 2 rings (SSSR count). The van der Waals surface area contributed by atoms with E-state index in [1.807, 2.05) is 19.9 Å². The van der Waals surface area contributed by atoms with Crippen molar-refractivity contribution < 1.29 is 9.90 Å². The van der Waals surface area contributed by atoms with E-state index in [0.29, 0.717) is 16.8 Å². The van der Waals surface area contributed by atoms with Gasteiger partial charge in [0.25, 0.3) is 5.91 Å². The lowest BCUT2D eigenvalue weighted by molar-refractivity contribution is 0.102. The molecule has 21 heavy (non-hydrogen) atoms. The quantitative estimate of drug-likeness (QED) is 0.844. The van der Waals surface area contributed by atoms with Gasteiger partial charge in [-0.25, -0.2) is 0 Å². The van der Waals surface area contributed by atoms with Crippen LogP contribution in [-0.4, -0.2) is 27.4 Å². The Morgan fingerprint density at radius 1 is 1.43 bits per heavy atom. The summed E-state index contributed by atoms with van der Waals surface area (Å²) < 4.78 is 1.74. The number of nitrogens with zero attached hydrogens (tertiary/aromatic N) is 2. The van der Waals surface area contributed by atoms with Crippen LogP contribution < -0.4 is 5.32 Å². The number of benzene rings is 1. The van der Waals surface area contributed by atoms with Crippen molar-refractivity contribution in [3.05, 3.63) is 47.3 Å². The summed E-state index contributed by atoms with van der Waals surface area (Å²) in [5.74, 6) is 5.18. The van der Waals surface area contributed by atoms with Gasteiger partial charge in [-0.1, -0.05) is 11.8 Å². The van der Waals surface area contributed by atoms with Crippen molar-refractivity contribution in [1.29, 1.82) is 0 Å². The molecule has 0 unspecified atom stereocenters.